The van der Waals surface area contributed by atoms with Crippen molar-refractivity contribution in [1.29, 1.82) is 0 Å². The van der Waals surface area contributed by atoms with Crippen LogP contribution in [0.3, 0.4) is 0 Å². The summed E-state index contributed by atoms with van der Waals surface area (Å²) in [5, 5.41) is 5.68. The number of nitrogens with one attached hydrogen (secondary N) is 4. The van der Waals surface area contributed by atoms with Crippen molar-refractivity contribution in [3.05, 3.63) is 54.1 Å². The van der Waals surface area contributed by atoms with Crippen molar-refractivity contribution in [2.75, 3.05) is 25.3 Å². The number of benzene rings is 2. The summed E-state index contributed by atoms with van der Waals surface area (Å²) < 4.78 is 10.4. The van der Waals surface area contributed by atoms with E-state index in [-0.39, 0.29) is 23.6 Å². The van der Waals surface area contributed by atoms with Crippen LogP contribution in [0.4, 0.5) is 5.69 Å². The average Bonchev–Trinajstić information content (AvgIpc) is 2.74. The van der Waals surface area contributed by atoms with E-state index >= 15 is 0 Å². The van der Waals surface area contributed by atoms with Gasteiger partial charge in [0.15, 0.2) is 11.5 Å². The first kappa shape index (κ1) is 21.0. The maximum atomic E-state index is 12.3. The summed E-state index contributed by atoms with van der Waals surface area (Å²) in [5.74, 6) is 0.991. The SMILES string of the molecule is COc1ccc(NC(=O)CSC2NNC(Cc3ccccc3)C(=O)N2)cc1OC. The fourth-order valence-electron chi connectivity index (χ4n) is 2.85. The first-order chi connectivity index (χ1) is 14.1. The molecule has 2 aromatic rings. The molecule has 2 amide bonds. The monoisotopic (exact) mass is 416 g/mol. The van der Waals surface area contributed by atoms with E-state index < -0.39 is 5.50 Å². The third-order valence-corrected chi connectivity index (χ3v) is 5.31. The molecule has 154 valence electrons. The lowest BCUT2D eigenvalue weighted by atomic mass is 10.1. The number of hydrazine groups is 1. The van der Waals surface area contributed by atoms with Gasteiger partial charge in [-0.1, -0.05) is 30.3 Å². The van der Waals surface area contributed by atoms with Crippen LogP contribution in [0.1, 0.15) is 5.56 Å². The zero-order chi connectivity index (χ0) is 20.6. The van der Waals surface area contributed by atoms with E-state index in [2.05, 4.69) is 21.5 Å². The molecule has 1 aliphatic heterocycles. The zero-order valence-electron chi connectivity index (χ0n) is 16.2. The number of carbonyl (C=O) groups excluding carboxylic acids is 2. The van der Waals surface area contributed by atoms with Crippen molar-refractivity contribution in [3.63, 3.8) is 0 Å². The van der Waals surface area contributed by atoms with Gasteiger partial charge in [-0.25, -0.2) is 10.9 Å². The Morgan fingerprint density at radius 3 is 2.52 bits per heavy atom. The summed E-state index contributed by atoms with van der Waals surface area (Å²) >= 11 is 1.28. The van der Waals surface area contributed by atoms with Gasteiger partial charge in [-0.3, -0.25) is 9.59 Å². The molecule has 2 aromatic carbocycles. The maximum absolute atomic E-state index is 12.3. The highest BCUT2D eigenvalue weighted by Gasteiger charge is 2.27. The molecular weight excluding hydrogens is 392 g/mol. The number of ether oxygens (including phenoxy) is 2. The van der Waals surface area contributed by atoms with E-state index in [9.17, 15) is 9.59 Å². The average molecular weight is 417 g/mol. The van der Waals surface area contributed by atoms with Crippen molar-refractivity contribution < 1.29 is 19.1 Å². The van der Waals surface area contributed by atoms with Crippen LogP contribution in [0, 0.1) is 0 Å². The quantitative estimate of drug-likeness (QED) is 0.517. The first-order valence-corrected chi connectivity index (χ1v) is 10.1. The van der Waals surface area contributed by atoms with E-state index in [1.165, 1.54) is 18.9 Å². The number of carbonyl (C=O) groups is 2. The van der Waals surface area contributed by atoms with Crippen LogP contribution in [-0.4, -0.2) is 43.3 Å². The molecule has 3 rings (SSSR count). The van der Waals surface area contributed by atoms with Crippen LogP contribution in [0.15, 0.2) is 48.5 Å². The molecule has 2 atom stereocenters. The predicted molar refractivity (Wildman–Crippen MR) is 113 cm³/mol. The van der Waals surface area contributed by atoms with Gasteiger partial charge in [0, 0.05) is 11.8 Å². The maximum Gasteiger partial charge on any atom is 0.240 e. The van der Waals surface area contributed by atoms with Gasteiger partial charge in [0.05, 0.1) is 20.0 Å². The molecule has 1 fully saturated rings. The number of thioether (sulfide) groups is 1. The third-order valence-electron chi connectivity index (χ3n) is 4.31. The van der Waals surface area contributed by atoms with Gasteiger partial charge >= 0.3 is 0 Å². The van der Waals surface area contributed by atoms with Crippen molar-refractivity contribution in [1.82, 2.24) is 16.2 Å². The Hall–Kier alpha value is -2.75. The van der Waals surface area contributed by atoms with Gasteiger partial charge in [-0.2, -0.15) is 0 Å². The van der Waals surface area contributed by atoms with Gasteiger partial charge in [0.2, 0.25) is 11.8 Å². The number of hydrogen-bond donors (Lipinski definition) is 4. The molecule has 0 aliphatic carbocycles. The summed E-state index contributed by atoms with van der Waals surface area (Å²) in [6.07, 6.45) is 0.580. The molecular formula is C20H24N4O4S. The number of hydrogen-bond acceptors (Lipinski definition) is 7. The molecule has 0 spiro atoms. The fourth-order valence-corrected chi connectivity index (χ4v) is 3.60. The van der Waals surface area contributed by atoms with E-state index in [0.717, 1.165) is 5.56 Å². The molecule has 1 saturated heterocycles. The second kappa shape index (κ2) is 10.1. The molecule has 1 heterocycles. The van der Waals surface area contributed by atoms with Crippen molar-refractivity contribution in [3.8, 4) is 11.5 Å². The summed E-state index contributed by atoms with van der Waals surface area (Å²) in [4.78, 5) is 24.6. The number of rotatable bonds is 8. The largest absolute Gasteiger partial charge is 0.493 e. The van der Waals surface area contributed by atoms with Crippen LogP contribution in [0.25, 0.3) is 0 Å². The van der Waals surface area contributed by atoms with Gasteiger partial charge in [0.1, 0.15) is 11.5 Å². The van der Waals surface area contributed by atoms with Crippen LogP contribution in [-0.2, 0) is 16.0 Å². The van der Waals surface area contributed by atoms with Gasteiger partial charge < -0.3 is 20.1 Å². The number of amides is 2. The third kappa shape index (κ3) is 5.86. The highest BCUT2D eigenvalue weighted by molar-refractivity contribution is 8.00. The van der Waals surface area contributed by atoms with Crippen LogP contribution >= 0.6 is 11.8 Å². The lowest BCUT2D eigenvalue weighted by Gasteiger charge is -2.31. The first-order valence-electron chi connectivity index (χ1n) is 9.08. The molecule has 1 aliphatic rings. The van der Waals surface area contributed by atoms with E-state index in [1.807, 2.05) is 30.3 Å². The molecule has 0 saturated carbocycles. The Labute approximate surface area is 173 Å². The topological polar surface area (TPSA) is 101 Å². The Bertz CT molecular complexity index is 850. The molecule has 2 unspecified atom stereocenters. The molecule has 0 aromatic heterocycles. The van der Waals surface area contributed by atoms with E-state index in [4.69, 9.17) is 9.47 Å². The molecule has 0 radical (unpaired) electrons. The van der Waals surface area contributed by atoms with Crippen LogP contribution < -0.4 is 31.0 Å². The summed E-state index contributed by atoms with van der Waals surface area (Å²) in [6.45, 7) is 0. The highest BCUT2D eigenvalue weighted by atomic mass is 32.2. The Morgan fingerprint density at radius 1 is 1.07 bits per heavy atom. The summed E-state index contributed by atoms with van der Waals surface area (Å²) in [7, 11) is 3.09. The van der Waals surface area contributed by atoms with Gasteiger partial charge in [-0.05, 0) is 24.1 Å². The molecule has 9 heteroatoms. The smallest absolute Gasteiger partial charge is 0.240 e. The predicted octanol–water partition coefficient (Wildman–Crippen LogP) is 1.49. The van der Waals surface area contributed by atoms with Crippen LogP contribution in [0.5, 0.6) is 11.5 Å². The lowest BCUT2D eigenvalue weighted by Crippen LogP contribution is -2.64. The van der Waals surface area contributed by atoms with Crippen molar-refractivity contribution in [2.24, 2.45) is 0 Å². The second-order valence-electron chi connectivity index (χ2n) is 6.35. The van der Waals surface area contributed by atoms with Gasteiger partial charge in [-0.15, -0.1) is 11.8 Å². The number of methoxy groups -OCH3 is 2. The fraction of sp³-hybridized carbons (Fsp3) is 0.300. The Balaban J connectivity index is 1.45. The minimum Gasteiger partial charge on any atom is -0.493 e. The van der Waals surface area contributed by atoms with E-state index in [1.54, 1.807) is 25.3 Å². The van der Waals surface area contributed by atoms with Crippen LogP contribution in [0.2, 0.25) is 0 Å². The minimum absolute atomic E-state index is 0.106. The normalized spacial score (nSPS) is 18.6. The molecule has 4 N–H and O–H groups in total. The number of anilines is 1. The molecule has 8 nitrogen and oxygen atoms in total. The highest BCUT2D eigenvalue weighted by Crippen LogP contribution is 2.29. The van der Waals surface area contributed by atoms with E-state index in [0.29, 0.717) is 23.6 Å². The Kier molecular flexibility index (Phi) is 7.34. The van der Waals surface area contributed by atoms with Gasteiger partial charge in [0.25, 0.3) is 0 Å². The Morgan fingerprint density at radius 2 is 1.83 bits per heavy atom. The molecule has 0 bridgehead atoms. The van der Waals surface area contributed by atoms with Crippen molar-refractivity contribution >= 4 is 29.3 Å². The lowest BCUT2D eigenvalue weighted by molar-refractivity contribution is -0.125. The summed E-state index contributed by atoms with van der Waals surface area (Å²) in [6, 6.07) is 14.6. The second-order valence-corrected chi connectivity index (χ2v) is 7.44. The summed E-state index contributed by atoms with van der Waals surface area (Å²) in [5.41, 5.74) is 7.34. The standard InChI is InChI=1S/C20H24N4O4S/c1-27-16-9-8-14(11-17(16)28-2)21-18(25)12-29-20-22-19(26)15(23-24-20)10-13-6-4-3-5-7-13/h3-9,11,15,20,23-24H,10,12H2,1-2H3,(H,21,25)(H,22,26). The van der Waals surface area contributed by atoms with Crippen molar-refractivity contribution in [2.45, 2.75) is 18.0 Å². The zero-order valence-corrected chi connectivity index (χ0v) is 17.0. The molecule has 29 heavy (non-hydrogen) atoms. The minimum atomic E-state index is -0.398.